The first-order chi connectivity index (χ1) is 14.0. The van der Waals surface area contributed by atoms with E-state index in [2.05, 4.69) is 15.3 Å². The quantitative estimate of drug-likeness (QED) is 0.659. The Morgan fingerprint density at radius 3 is 2.76 bits per heavy atom. The van der Waals surface area contributed by atoms with Gasteiger partial charge in [-0.05, 0) is 24.5 Å². The third kappa shape index (κ3) is 3.27. The van der Waals surface area contributed by atoms with E-state index in [9.17, 15) is 9.18 Å². The number of anilines is 1. The van der Waals surface area contributed by atoms with Crippen molar-refractivity contribution in [1.29, 1.82) is 0 Å². The minimum absolute atomic E-state index is 0.0118. The molecule has 9 heteroatoms. The summed E-state index contributed by atoms with van der Waals surface area (Å²) in [6.07, 6.45) is 3.37. The van der Waals surface area contributed by atoms with Crippen LogP contribution in [-0.4, -0.2) is 46.4 Å². The number of nitrogens with one attached hydrogen (secondary N) is 1. The molecule has 0 bridgehead atoms. The lowest BCUT2D eigenvalue weighted by Gasteiger charge is -2.13. The maximum Gasteiger partial charge on any atom is 0.229 e. The molecule has 29 heavy (non-hydrogen) atoms. The number of carbonyl (C=O) groups excluding carboxylic acids is 1. The van der Waals surface area contributed by atoms with Crippen molar-refractivity contribution in [3.8, 4) is 22.9 Å². The molecular formula is C20H21FN4O4. The van der Waals surface area contributed by atoms with E-state index in [0.717, 1.165) is 17.1 Å². The molecule has 2 atom stereocenters. The molecule has 0 spiro atoms. The number of amides is 1. The number of carbonyl (C=O) groups is 1. The Balaban J connectivity index is 1.74. The third-order valence-corrected chi connectivity index (χ3v) is 5.28. The van der Waals surface area contributed by atoms with Crippen molar-refractivity contribution in [1.82, 2.24) is 14.5 Å². The molecular weight excluding hydrogens is 379 g/mol. The van der Waals surface area contributed by atoms with Gasteiger partial charge >= 0.3 is 0 Å². The summed E-state index contributed by atoms with van der Waals surface area (Å²) in [5.41, 5.74) is 1.81. The van der Waals surface area contributed by atoms with E-state index in [1.54, 1.807) is 12.3 Å². The molecule has 8 nitrogen and oxygen atoms in total. The summed E-state index contributed by atoms with van der Waals surface area (Å²) in [4.78, 5) is 20.5. The lowest BCUT2D eigenvalue weighted by Crippen LogP contribution is -2.16. The predicted molar refractivity (Wildman–Crippen MR) is 104 cm³/mol. The van der Waals surface area contributed by atoms with Crippen LogP contribution in [0, 0.1) is 17.7 Å². The second-order valence-electron chi connectivity index (χ2n) is 7.01. The number of aryl methyl sites for hydroxylation is 1. The highest BCUT2D eigenvalue weighted by Crippen LogP contribution is 2.41. The van der Waals surface area contributed by atoms with Crippen LogP contribution < -0.4 is 14.8 Å². The van der Waals surface area contributed by atoms with Gasteiger partial charge in [0.1, 0.15) is 11.4 Å². The van der Waals surface area contributed by atoms with Crippen LogP contribution in [0.25, 0.3) is 22.2 Å². The zero-order valence-electron chi connectivity index (χ0n) is 16.3. The Morgan fingerprint density at radius 1 is 1.31 bits per heavy atom. The van der Waals surface area contributed by atoms with Crippen molar-refractivity contribution >= 4 is 22.6 Å². The van der Waals surface area contributed by atoms with Gasteiger partial charge in [-0.3, -0.25) is 4.79 Å². The first-order valence-corrected chi connectivity index (χ1v) is 9.12. The van der Waals surface area contributed by atoms with Crippen molar-refractivity contribution in [3.63, 3.8) is 0 Å². The number of hydrogen-bond acceptors (Lipinski definition) is 6. The number of rotatable bonds is 6. The fourth-order valence-electron chi connectivity index (χ4n) is 3.57. The van der Waals surface area contributed by atoms with Crippen molar-refractivity contribution in [3.05, 3.63) is 30.3 Å². The lowest BCUT2D eigenvalue weighted by molar-refractivity contribution is -0.117. The number of methoxy groups -OCH3 is 2. The molecule has 3 heterocycles. The van der Waals surface area contributed by atoms with Gasteiger partial charge in [0.15, 0.2) is 11.6 Å². The number of halogens is 1. The second kappa shape index (κ2) is 7.32. The summed E-state index contributed by atoms with van der Waals surface area (Å²) >= 11 is 0. The van der Waals surface area contributed by atoms with Gasteiger partial charge in [-0.15, -0.1) is 0 Å². The van der Waals surface area contributed by atoms with Gasteiger partial charge < -0.3 is 24.5 Å². The van der Waals surface area contributed by atoms with Crippen molar-refractivity contribution in [2.24, 2.45) is 18.9 Å². The van der Waals surface area contributed by atoms with Crippen molar-refractivity contribution < 1.29 is 23.8 Å². The molecule has 2 N–H and O–H groups in total. The SMILES string of the molecule is COc1ncc(F)c(OC)c1-c1cc2cc(NC(=O)C3CC3CO)ncc2n1C. The molecule has 2 unspecified atom stereocenters. The average molecular weight is 400 g/mol. The van der Waals surface area contributed by atoms with Crippen molar-refractivity contribution in [2.75, 3.05) is 26.1 Å². The summed E-state index contributed by atoms with van der Waals surface area (Å²) in [6.45, 7) is 0.0118. The molecule has 0 saturated heterocycles. The number of hydrogen-bond donors (Lipinski definition) is 2. The Morgan fingerprint density at radius 2 is 2.10 bits per heavy atom. The van der Waals surface area contributed by atoms with Crippen LogP contribution in [0.5, 0.6) is 11.6 Å². The van der Waals surface area contributed by atoms with Crippen LogP contribution in [0.3, 0.4) is 0 Å². The lowest BCUT2D eigenvalue weighted by atomic mass is 10.1. The first-order valence-electron chi connectivity index (χ1n) is 9.12. The van der Waals surface area contributed by atoms with Crippen LogP contribution >= 0.6 is 0 Å². The minimum Gasteiger partial charge on any atom is -0.493 e. The van der Waals surface area contributed by atoms with E-state index in [1.807, 2.05) is 17.7 Å². The molecule has 1 amide bonds. The molecule has 3 aromatic heterocycles. The number of fused-ring (bicyclic) bond motifs is 1. The van der Waals surface area contributed by atoms with Crippen molar-refractivity contribution in [2.45, 2.75) is 6.42 Å². The predicted octanol–water partition coefficient (Wildman–Crippen LogP) is 2.36. The zero-order valence-corrected chi connectivity index (χ0v) is 16.3. The molecule has 0 radical (unpaired) electrons. The normalized spacial score (nSPS) is 18.0. The number of pyridine rings is 2. The zero-order chi connectivity index (χ0) is 20.7. The number of aliphatic hydroxyl groups is 1. The summed E-state index contributed by atoms with van der Waals surface area (Å²) in [5, 5.41) is 12.7. The Bertz CT molecular complexity index is 1100. The van der Waals surface area contributed by atoms with Gasteiger partial charge in [-0.25, -0.2) is 14.4 Å². The van der Waals surface area contributed by atoms with Crippen LogP contribution in [0.15, 0.2) is 24.5 Å². The smallest absolute Gasteiger partial charge is 0.229 e. The molecule has 1 aliphatic carbocycles. The topological polar surface area (TPSA) is 98.5 Å². The number of ether oxygens (including phenoxy) is 2. The van der Waals surface area contributed by atoms with E-state index >= 15 is 0 Å². The highest BCUT2D eigenvalue weighted by Gasteiger charge is 2.42. The van der Waals surface area contributed by atoms with Gasteiger partial charge in [0.05, 0.1) is 37.8 Å². The van der Waals surface area contributed by atoms with E-state index in [4.69, 9.17) is 14.6 Å². The fourth-order valence-corrected chi connectivity index (χ4v) is 3.57. The fraction of sp³-hybridized carbons (Fsp3) is 0.350. The van der Waals surface area contributed by atoms with E-state index < -0.39 is 5.82 Å². The van der Waals surface area contributed by atoms with Gasteiger partial charge in [-0.2, -0.15) is 0 Å². The third-order valence-electron chi connectivity index (χ3n) is 5.28. The summed E-state index contributed by atoms with van der Waals surface area (Å²) in [7, 11) is 4.66. The molecule has 0 aliphatic heterocycles. The van der Waals surface area contributed by atoms with Gasteiger partial charge in [0, 0.05) is 25.0 Å². The largest absolute Gasteiger partial charge is 0.493 e. The number of aliphatic hydroxyl groups excluding tert-OH is 1. The molecule has 4 rings (SSSR count). The average Bonchev–Trinajstić information content (AvgIpc) is 3.45. The van der Waals surface area contributed by atoms with Crippen LogP contribution in [-0.2, 0) is 11.8 Å². The number of aromatic nitrogens is 3. The van der Waals surface area contributed by atoms with E-state index in [1.165, 1.54) is 14.2 Å². The summed E-state index contributed by atoms with van der Waals surface area (Å²) in [5.74, 6) is -0.197. The maximum atomic E-state index is 14.3. The second-order valence-corrected chi connectivity index (χ2v) is 7.01. The standard InChI is InChI=1S/C20H21FN4O4/c1-25-14(17-18(28-2)13(21)7-23-20(17)29-3)5-10-6-16(22-8-15(10)25)24-19(27)12-4-11(12)9-26/h5-8,11-12,26H,4,9H2,1-3H3,(H,22,24,27). The first kappa shape index (κ1) is 19.1. The molecule has 0 aromatic carbocycles. The summed E-state index contributed by atoms with van der Waals surface area (Å²) < 4.78 is 26.7. The van der Waals surface area contributed by atoms with Crippen LogP contribution in [0.4, 0.5) is 10.2 Å². The Kier molecular flexibility index (Phi) is 4.83. The highest BCUT2D eigenvalue weighted by atomic mass is 19.1. The Labute approximate surface area is 166 Å². The monoisotopic (exact) mass is 400 g/mol. The Hall–Kier alpha value is -3.20. The molecule has 1 fully saturated rings. The van der Waals surface area contributed by atoms with Gasteiger partial charge in [0.2, 0.25) is 11.8 Å². The maximum absolute atomic E-state index is 14.3. The van der Waals surface area contributed by atoms with Gasteiger partial charge in [-0.1, -0.05) is 0 Å². The molecule has 152 valence electrons. The van der Waals surface area contributed by atoms with E-state index in [-0.39, 0.29) is 36.0 Å². The highest BCUT2D eigenvalue weighted by molar-refractivity contribution is 5.96. The van der Waals surface area contributed by atoms with Gasteiger partial charge in [0.25, 0.3) is 0 Å². The van der Waals surface area contributed by atoms with E-state index in [0.29, 0.717) is 23.5 Å². The van der Waals surface area contributed by atoms with Crippen LogP contribution in [0.2, 0.25) is 0 Å². The minimum atomic E-state index is -0.595. The number of nitrogens with zero attached hydrogens (tertiary/aromatic N) is 3. The van der Waals surface area contributed by atoms with Crippen LogP contribution in [0.1, 0.15) is 6.42 Å². The molecule has 3 aromatic rings. The molecule has 1 saturated carbocycles. The summed E-state index contributed by atoms with van der Waals surface area (Å²) in [6, 6.07) is 3.58. The molecule has 1 aliphatic rings.